The summed E-state index contributed by atoms with van der Waals surface area (Å²) in [5.41, 5.74) is 2.65. The normalized spacial score (nSPS) is 13.1. The summed E-state index contributed by atoms with van der Waals surface area (Å²) in [4.78, 5) is 32.1. The fourth-order valence-corrected chi connectivity index (χ4v) is 4.87. The Kier molecular flexibility index (Phi) is 6.89. The molecular formula is C23H23N3O3S2. The number of fused-ring (bicyclic) bond motifs is 1. The SMILES string of the molecule is CCCOc1ccc(-c2csc(NC(=O)CCN3C(=O)CSc4ccccc43)n2)cc1. The average molecular weight is 454 g/mol. The van der Waals surface area contributed by atoms with Gasteiger partial charge in [0.05, 0.1) is 23.7 Å². The number of thioether (sulfide) groups is 1. The third kappa shape index (κ3) is 5.26. The Balaban J connectivity index is 1.34. The predicted molar refractivity (Wildman–Crippen MR) is 126 cm³/mol. The number of para-hydroxylation sites is 1. The van der Waals surface area contributed by atoms with Crippen molar-refractivity contribution in [2.45, 2.75) is 24.7 Å². The van der Waals surface area contributed by atoms with Crippen LogP contribution in [0.4, 0.5) is 10.8 Å². The van der Waals surface area contributed by atoms with Gasteiger partial charge in [0.15, 0.2) is 5.13 Å². The van der Waals surface area contributed by atoms with Crippen LogP contribution in [0.1, 0.15) is 19.8 Å². The molecule has 0 saturated carbocycles. The molecule has 0 saturated heterocycles. The summed E-state index contributed by atoms with van der Waals surface area (Å²) in [6, 6.07) is 15.6. The van der Waals surface area contributed by atoms with Gasteiger partial charge in [0.25, 0.3) is 0 Å². The summed E-state index contributed by atoms with van der Waals surface area (Å²) in [5.74, 6) is 1.10. The maximum absolute atomic E-state index is 12.5. The Morgan fingerprint density at radius 1 is 1.19 bits per heavy atom. The molecule has 1 aliphatic rings. The van der Waals surface area contributed by atoms with Crippen LogP contribution in [-0.2, 0) is 9.59 Å². The first-order valence-electron chi connectivity index (χ1n) is 10.1. The van der Waals surface area contributed by atoms with E-state index in [1.807, 2.05) is 53.9 Å². The summed E-state index contributed by atoms with van der Waals surface area (Å²) in [6.07, 6.45) is 1.18. The molecule has 8 heteroatoms. The number of rotatable bonds is 8. The van der Waals surface area contributed by atoms with Crippen LogP contribution in [0.15, 0.2) is 58.8 Å². The molecule has 160 valence electrons. The number of hydrogen-bond donors (Lipinski definition) is 1. The standard InChI is InChI=1S/C23H23N3O3S2/c1-2-13-29-17-9-7-16(8-10-17)18-14-31-23(24-18)25-21(27)11-12-26-19-5-3-4-6-20(19)30-15-22(26)28/h3-10,14H,2,11-13,15H2,1H3,(H,24,25,27). The summed E-state index contributed by atoms with van der Waals surface area (Å²) in [5, 5.41) is 5.31. The van der Waals surface area contributed by atoms with Crippen molar-refractivity contribution < 1.29 is 14.3 Å². The zero-order chi connectivity index (χ0) is 21.6. The minimum absolute atomic E-state index is 0.0272. The van der Waals surface area contributed by atoms with E-state index in [4.69, 9.17) is 4.74 Å². The predicted octanol–water partition coefficient (Wildman–Crippen LogP) is 5.07. The summed E-state index contributed by atoms with van der Waals surface area (Å²) in [6.45, 7) is 3.11. The van der Waals surface area contributed by atoms with Gasteiger partial charge in [-0.1, -0.05) is 19.1 Å². The Hall–Kier alpha value is -2.84. The van der Waals surface area contributed by atoms with Crippen LogP contribution >= 0.6 is 23.1 Å². The number of anilines is 2. The lowest BCUT2D eigenvalue weighted by Gasteiger charge is -2.28. The van der Waals surface area contributed by atoms with Crippen LogP contribution in [0.5, 0.6) is 5.75 Å². The number of benzene rings is 2. The minimum Gasteiger partial charge on any atom is -0.494 e. The molecule has 2 heterocycles. The molecule has 1 aliphatic heterocycles. The molecule has 31 heavy (non-hydrogen) atoms. The third-order valence-electron chi connectivity index (χ3n) is 4.74. The Bertz CT molecular complexity index is 1070. The van der Waals surface area contributed by atoms with Crippen LogP contribution in [0, 0.1) is 0 Å². The molecule has 4 rings (SSSR count). The number of nitrogens with zero attached hydrogens (tertiary/aromatic N) is 2. The quantitative estimate of drug-likeness (QED) is 0.516. The average Bonchev–Trinajstić information content (AvgIpc) is 3.25. The van der Waals surface area contributed by atoms with E-state index in [0.717, 1.165) is 34.0 Å². The van der Waals surface area contributed by atoms with Gasteiger partial charge in [0.1, 0.15) is 5.75 Å². The largest absolute Gasteiger partial charge is 0.494 e. The van der Waals surface area contributed by atoms with Gasteiger partial charge < -0.3 is 15.0 Å². The van der Waals surface area contributed by atoms with Gasteiger partial charge in [-0.3, -0.25) is 9.59 Å². The number of hydrogen-bond acceptors (Lipinski definition) is 6. The lowest BCUT2D eigenvalue weighted by molar-refractivity contribution is -0.117. The summed E-state index contributed by atoms with van der Waals surface area (Å²) < 4.78 is 5.61. The van der Waals surface area contributed by atoms with Crippen LogP contribution in [-0.4, -0.2) is 35.7 Å². The molecule has 0 aliphatic carbocycles. The van der Waals surface area contributed by atoms with Crippen molar-refractivity contribution in [2.24, 2.45) is 0 Å². The molecule has 0 fully saturated rings. The molecule has 0 radical (unpaired) electrons. The number of amides is 2. The molecule has 0 bridgehead atoms. The maximum Gasteiger partial charge on any atom is 0.237 e. The molecule has 1 aromatic heterocycles. The van der Waals surface area contributed by atoms with E-state index in [2.05, 4.69) is 17.2 Å². The molecule has 1 N–H and O–H groups in total. The highest BCUT2D eigenvalue weighted by molar-refractivity contribution is 8.00. The molecule has 0 atom stereocenters. The van der Waals surface area contributed by atoms with Crippen LogP contribution in [0.2, 0.25) is 0 Å². The molecule has 3 aromatic rings. The number of carbonyl (C=O) groups is 2. The van der Waals surface area contributed by atoms with E-state index < -0.39 is 0 Å². The second-order valence-corrected chi connectivity index (χ2v) is 8.89. The fraction of sp³-hybridized carbons (Fsp3) is 0.261. The molecule has 0 unspecified atom stereocenters. The summed E-state index contributed by atoms with van der Waals surface area (Å²) >= 11 is 2.92. The second-order valence-electron chi connectivity index (χ2n) is 7.01. The van der Waals surface area contributed by atoms with Gasteiger partial charge in [-0.15, -0.1) is 23.1 Å². The summed E-state index contributed by atoms with van der Waals surface area (Å²) in [7, 11) is 0. The highest BCUT2D eigenvalue weighted by Crippen LogP contribution is 2.35. The zero-order valence-electron chi connectivity index (χ0n) is 17.2. The van der Waals surface area contributed by atoms with Crippen LogP contribution in [0.3, 0.4) is 0 Å². The molecular weight excluding hydrogens is 430 g/mol. The first kappa shape index (κ1) is 21.4. The van der Waals surface area contributed by atoms with Crippen molar-refractivity contribution in [3.63, 3.8) is 0 Å². The number of thiazole rings is 1. The number of aromatic nitrogens is 1. The van der Waals surface area contributed by atoms with Gasteiger partial charge in [-0.05, 0) is 42.8 Å². The highest BCUT2D eigenvalue weighted by atomic mass is 32.2. The van der Waals surface area contributed by atoms with Gasteiger partial charge in [0, 0.05) is 28.8 Å². The second kappa shape index (κ2) is 9.98. The van der Waals surface area contributed by atoms with Crippen molar-refractivity contribution in [1.82, 2.24) is 4.98 Å². The van der Waals surface area contributed by atoms with Crippen molar-refractivity contribution >= 4 is 45.7 Å². The minimum atomic E-state index is -0.160. The topological polar surface area (TPSA) is 71.5 Å². The Labute approximate surface area is 189 Å². The smallest absolute Gasteiger partial charge is 0.237 e. The first-order chi connectivity index (χ1) is 15.1. The number of carbonyl (C=O) groups excluding carboxylic acids is 2. The first-order valence-corrected chi connectivity index (χ1v) is 12.0. The fourth-order valence-electron chi connectivity index (χ4n) is 3.20. The highest BCUT2D eigenvalue weighted by Gasteiger charge is 2.24. The van der Waals surface area contributed by atoms with E-state index in [1.54, 1.807) is 4.90 Å². The van der Waals surface area contributed by atoms with E-state index >= 15 is 0 Å². The van der Waals surface area contributed by atoms with Gasteiger partial charge >= 0.3 is 0 Å². The lowest BCUT2D eigenvalue weighted by Crippen LogP contribution is -2.37. The van der Waals surface area contributed by atoms with Crippen molar-refractivity contribution in [3.05, 3.63) is 53.9 Å². The molecule has 6 nitrogen and oxygen atoms in total. The van der Waals surface area contributed by atoms with Gasteiger partial charge in [-0.25, -0.2) is 4.98 Å². The van der Waals surface area contributed by atoms with E-state index in [0.29, 0.717) is 24.0 Å². The maximum atomic E-state index is 12.5. The van der Waals surface area contributed by atoms with Crippen molar-refractivity contribution in [1.29, 1.82) is 0 Å². The molecule has 2 amide bonds. The van der Waals surface area contributed by atoms with E-state index in [9.17, 15) is 9.59 Å². The van der Waals surface area contributed by atoms with Gasteiger partial charge in [-0.2, -0.15) is 0 Å². The molecule has 2 aromatic carbocycles. The Morgan fingerprint density at radius 3 is 2.81 bits per heavy atom. The van der Waals surface area contributed by atoms with Crippen molar-refractivity contribution in [3.8, 4) is 17.0 Å². The lowest BCUT2D eigenvalue weighted by atomic mass is 10.2. The van der Waals surface area contributed by atoms with Crippen LogP contribution in [0.25, 0.3) is 11.3 Å². The number of nitrogens with one attached hydrogen (secondary N) is 1. The molecule has 0 spiro atoms. The van der Waals surface area contributed by atoms with E-state index in [-0.39, 0.29) is 18.2 Å². The van der Waals surface area contributed by atoms with Gasteiger partial charge in [0.2, 0.25) is 11.8 Å². The zero-order valence-corrected chi connectivity index (χ0v) is 18.8. The van der Waals surface area contributed by atoms with Crippen LogP contribution < -0.4 is 15.0 Å². The van der Waals surface area contributed by atoms with E-state index in [1.165, 1.54) is 23.1 Å². The third-order valence-corrected chi connectivity index (χ3v) is 6.55. The monoisotopic (exact) mass is 453 g/mol. The Morgan fingerprint density at radius 2 is 2.00 bits per heavy atom. The number of ether oxygens (including phenoxy) is 1. The van der Waals surface area contributed by atoms with Crippen molar-refractivity contribution in [2.75, 3.05) is 29.1 Å².